The van der Waals surface area contributed by atoms with Crippen LogP contribution in [0.2, 0.25) is 0 Å². The number of carbonyl (C=O) groups excluding carboxylic acids is 1. The fourth-order valence-electron chi connectivity index (χ4n) is 0.725. The summed E-state index contributed by atoms with van der Waals surface area (Å²) in [5.74, 6) is -0.249. The van der Waals surface area contributed by atoms with Crippen LogP contribution >= 0.6 is 27.3 Å². The number of hydrogen-bond acceptors (Lipinski definition) is 4. The molecule has 4 nitrogen and oxygen atoms in total. The van der Waals surface area contributed by atoms with Crippen LogP contribution in [-0.2, 0) is 4.84 Å². The lowest BCUT2D eigenvalue weighted by Gasteiger charge is -2.06. The highest BCUT2D eigenvalue weighted by Gasteiger charge is 2.08. The summed E-state index contributed by atoms with van der Waals surface area (Å²) in [6.45, 7) is 2.10. The number of amides is 1. The molecule has 0 saturated carbocycles. The molecule has 1 amide bonds. The van der Waals surface area contributed by atoms with Gasteiger partial charge in [0, 0.05) is 6.04 Å². The van der Waals surface area contributed by atoms with Crippen molar-refractivity contribution in [3.8, 4) is 0 Å². The Kier molecular flexibility index (Phi) is 4.53. The van der Waals surface area contributed by atoms with Crippen molar-refractivity contribution < 1.29 is 9.63 Å². The van der Waals surface area contributed by atoms with Gasteiger partial charge < -0.3 is 5.73 Å². The molecule has 14 heavy (non-hydrogen) atoms. The third-order valence-electron chi connectivity index (χ3n) is 1.31. The average molecular weight is 279 g/mol. The van der Waals surface area contributed by atoms with Gasteiger partial charge in [0.25, 0.3) is 5.91 Å². The highest BCUT2D eigenvalue weighted by atomic mass is 79.9. The fraction of sp³-hybridized carbons (Fsp3) is 0.375. The molecular weight excluding hydrogens is 268 g/mol. The molecule has 3 N–H and O–H groups in total. The standard InChI is InChI=1S/C8H11BrN2O2S/c1-5(10)4-13-11-8(12)6-2-3-7(9)14-6/h2-3,5H,4,10H2,1H3,(H,11,12). The highest BCUT2D eigenvalue weighted by molar-refractivity contribution is 9.11. The van der Waals surface area contributed by atoms with Gasteiger partial charge in [-0.1, -0.05) is 0 Å². The Morgan fingerprint density at radius 1 is 1.79 bits per heavy atom. The normalized spacial score (nSPS) is 12.5. The minimum absolute atomic E-state index is 0.0922. The molecular formula is C8H11BrN2O2S. The molecule has 0 aromatic carbocycles. The summed E-state index contributed by atoms with van der Waals surface area (Å²) in [7, 11) is 0. The maximum Gasteiger partial charge on any atom is 0.284 e. The van der Waals surface area contributed by atoms with Gasteiger partial charge in [-0.05, 0) is 35.0 Å². The molecule has 0 bridgehead atoms. The van der Waals surface area contributed by atoms with Crippen molar-refractivity contribution >= 4 is 33.2 Å². The molecule has 0 aliphatic heterocycles. The predicted octanol–water partition coefficient (Wildman–Crippen LogP) is 1.52. The van der Waals surface area contributed by atoms with Gasteiger partial charge in [0.15, 0.2) is 0 Å². The van der Waals surface area contributed by atoms with Crippen LogP contribution in [-0.4, -0.2) is 18.6 Å². The van der Waals surface area contributed by atoms with Crippen molar-refractivity contribution in [2.24, 2.45) is 5.73 Å². The first-order chi connectivity index (χ1) is 6.59. The molecule has 1 aromatic heterocycles. The Bertz CT molecular complexity index is 314. The van der Waals surface area contributed by atoms with Gasteiger partial charge in [-0.25, -0.2) is 5.48 Å². The predicted molar refractivity (Wildman–Crippen MR) is 59.1 cm³/mol. The first-order valence-corrected chi connectivity index (χ1v) is 5.63. The molecule has 6 heteroatoms. The smallest absolute Gasteiger partial charge is 0.284 e. The Balaban J connectivity index is 2.36. The van der Waals surface area contributed by atoms with Crippen LogP contribution in [0.1, 0.15) is 16.6 Å². The van der Waals surface area contributed by atoms with Crippen molar-refractivity contribution in [1.82, 2.24) is 5.48 Å². The van der Waals surface area contributed by atoms with Gasteiger partial charge in [-0.15, -0.1) is 11.3 Å². The lowest BCUT2D eigenvalue weighted by molar-refractivity contribution is 0.0279. The van der Waals surface area contributed by atoms with E-state index in [-0.39, 0.29) is 11.9 Å². The first-order valence-electron chi connectivity index (χ1n) is 4.02. The molecule has 1 aromatic rings. The van der Waals surface area contributed by atoms with Gasteiger partial charge in [0.05, 0.1) is 15.3 Å². The van der Waals surface area contributed by atoms with Gasteiger partial charge in [0.1, 0.15) is 0 Å². The number of rotatable bonds is 4. The van der Waals surface area contributed by atoms with E-state index >= 15 is 0 Å². The second-order valence-corrected chi connectivity index (χ2v) is 5.29. The highest BCUT2D eigenvalue weighted by Crippen LogP contribution is 2.21. The summed E-state index contributed by atoms with van der Waals surface area (Å²) in [5.41, 5.74) is 7.75. The van der Waals surface area contributed by atoms with E-state index in [2.05, 4.69) is 21.4 Å². The summed E-state index contributed by atoms with van der Waals surface area (Å²) in [5, 5.41) is 0. The number of carbonyl (C=O) groups is 1. The van der Waals surface area contributed by atoms with Crippen LogP contribution < -0.4 is 11.2 Å². The molecule has 0 radical (unpaired) electrons. The molecule has 1 unspecified atom stereocenters. The largest absolute Gasteiger partial charge is 0.326 e. The number of nitrogens with one attached hydrogen (secondary N) is 1. The third-order valence-corrected chi connectivity index (χ3v) is 2.93. The summed E-state index contributed by atoms with van der Waals surface area (Å²) >= 11 is 4.62. The first kappa shape index (κ1) is 11.6. The van der Waals surface area contributed by atoms with Crippen LogP contribution in [0.3, 0.4) is 0 Å². The Morgan fingerprint density at radius 3 is 3.00 bits per heavy atom. The molecule has 0 fully saturated rings. The van der Waals surface area contributed by atoms with E-state index in [0.29, 0.717) is 11.5 Å². The molecule has 78 valence electrons. The number of thiophene rings is 1. The number of halogens is 1. The number of hydroxylamine groups is 1. The van der Waals surface area contributed by atoms with Crippen molar-refractivity contribution in [2.75, 3.05) is 6.61 Å². The summed E-state index contributed by atoms with van der Waals surface area (Å²) in [4.78, 5) is 16.8. The van der Waals surface area contributed by atoms with Crippen molar-refractivity contribution in [1.29, 1.82) is 0 Å². The van der Waals surface area contributed by atoms with Crippen LogP contribution in [0.5, 0.6) is 0 Å². The zero-order valence-electron chi connectivity index (χ0n) is 7.62. The van der Waals surface area contributed by atoms with E-state index in [0.717, 1.165) is 3.79 Å². The van der Waals surface area contributed by atoms with Gasteiger partial charge in [-0.2, -0.15) is 0 Å². The fourth-order valence-corrected chi connectivity index (χ4v) is 2.00. The molecule has 1 rings (SSSR count). The van der Waals surface area contributed by atoms with Gasteiger partial charge in [-0.3, -0.25) is 9.63 Å². The van der Waals surface area contributed by atoms with Crippen molar-refractivity contribution in [3.63, 3.8) is 0 Å². The molecule has 0 spiro atoms. The lowest BCUT2D eigenvalue weighted by atomic mass is 10.4. The minimum atomic E-state index is -0.249. The van der Waals surface area contributed by atoms with Crippen LogP contribution in [0, 0.1) is 0 Å². The van der Waals surface area contributed by atoms with E-state index < -0.39 is 0 Å². The lowest BCUT2D eigenvalue weighted by Crippen LogP contribution is -2.30. The Labute approximate surface area is 94.5 Å². The Hall–Kier alpha value is -0.430. The topological polar surface area (TPSA) is 64.3 Å². The summed E-state index contributed by atoms with van der Waals surface area (Å²) < 4.78 is 0.912. The SMILES string of the molecule is CC(N)CONC(=O)c1ccc(Br)s1. The minimum Gasteiger partial charge on any atom is -0.326 e. The second-order valence-electron chi connectivity index (χ2n) is 2.82. The maximum absolute atomic E-state index is 11.4. The zero-order valence-corrected chi connectivity index (χ0v) is 10.0. The quantitative estimate of drug-likeness (QED) is 0.821. The zero-order chi connectivity index (χ0) is 10.6. The van der Waals surface area contributed by atoms with Crippen molar-refractivity contribution in [2.45, 2.75) is 13.0 Å². The van der Waals surface area contributed by atoms with Crippen LogP contribution in [0.15, 0.2) is 15.9 Å². The summed E-state index contributed by atoms with van der Waals surface area (Å²) in [6, 6.07) is 3.44. The van der Waals surface area contributed by atoms with E-state index in [4.69, 9.17) is 10.6 Å². The van der Waals surface area contributed by atoms with Gasteiger partial charge >= 0.3 is 0 Å². The number of hydrogen-bond donors (Lipinski definition) is 2. The van der Waals surface area contributed by atoms with E-state index in [9.17, 15) is 4.79 Å². The van der Waals surface area contributed by atoms with E-state index in [1.807, 2.05) is 6.07 Å². The second kappa shape index (κ2) is 5.45. The summed E-state index contributed by atoms with van der Waals surface area (Å²) in [6.07, 6.45) is 0. The molecule has 1 heterocycles. The molecule has 0 aliphatic carbocycles. The maximum atomic E-state index is 11.4. The molecule has 1 atom stereocenters. The third kappa shape index (κ3) is 3.75. The monoisotopic (exact) mass is 278 g/mol. The number of nitrogens with two attached hydrogens (primary N) is 1. The van der Waals surface area contributed by atoms with E-state index in [1.165, 1.54) is 11.3 Å². The van der Waals surface area contributed by atoms with E-state index in [1.54, 1.807) is 13.0 Å². The van der Waals surface area contributed by atoms with Crippen molar-refractivity contribution in [3.05, 3.63) is 20.8 Å². The van der Waals surface area contributed by atoms with Crippen LogP contribution in [0.25, 0.3) is 0 Å². The van der Waals surface area contributed by atoms with Gasteiger partial charge in [0.2, 0.25) is 0 Å². The van der Waals surface area contributed by atoms with Crippen LogP contribution in [0.4, 0.5) is 0 Å². The molecule has 0 aliphatic rings. The molecule has 0 saturated heterocycles. The average Bonchev–Trinajstić information content (AvgIpc) is 2.51. The Morgan fingerprint density at radius 2 is 2.50 bits per heavy atom.